The normalized spacial score (nSPS) is 12.9. The lowest BCUT2D eigenvalue weighted by Gasteiger charge is -2.02. The zero-order chi connectivity index (χ0) is 5.70. The summed E-state index contributed by atoms with van der Waals surface area (Å²) in [5, 5.41) is 2.43. The molecule has 1 amide bonds. The Hall–Kier alpha value is -0.570. The molecule has 0 fully saturated rings. The fraction of sp³-hybridized carbons (Fsp3) is 0.750. The highest BCUT2D eigenvalue weighted by Gasteiger charge is 1.90. The van der Waals surface area contributed by atoms with Gasteiger partial charge in [0, 0.05) is 12.6 Å². The molecule has 3 heteroatoms. The number of carbonyl (C=O) groups is 1. The van der Waals surface area contributed by atoms with Crippen LogP contribution in [0.5, 0.6) is 0 Å². The fourth-order valence-electron chi connectivity index (χ4n) is 0.175. The highest BCUT2D eigenvalue weighted by atomic mass is 16.1. The Morgan fingerprint density at radius 2 is 2.57 bits per heavy atom. The second kappa shape index (κ2) is 3.61. The molecule has 0 aliphatic rings. The van der Waals surface area contributed by atoms with Crippen LogP contribution < -0.4 is 11.1 Å². The molecule has 0 aliphatic carbocycles. The lowest BCUT2D eigenvalue weighted by Crippen LogP contribution is -2.28. The number of rotatable bonds is 3. The molecule has 0 saturated heterocycles. The monoisotopic (exact) mass is 101 g/mol. The van der Waals surface area contributed by atoms with Crippen molar-refractivity contribution in [1.29, 1.82) is 0 Å². The fourth-order valence-corrected chi connectivity index (χ4v) is 0.175. The number of carbonyl (C=O) groups excluding carboxylic acids is 1. The molecule has 0 aliphatic heterocycles. The average Bonchev–Trinajstić information content (AvgIpc) is 1.68. The Morgan fingerprint density at radius 1 is 2.00 bits per heavy atom. The molecule has 2 N–H and O–H groups in total. The van der Waals surface area contributed by atoms with E-state index < -0.39 is 0 Å². The second-order valence-electron chi connectivity index (χ2n) is 1.39. The largest absolute Gasteiger partial charge is 0.355 e. The summed E-state index contributed by atoms with van der Waals surface area (Å²) < 4.78 is 0. The number of hydrogen-bond acceptors (Lipinski definition) is 1. The van der Waals surface area contributed by atoms with Gasteiger partial charge < -0.3 is 5.32 Å². The van der Waals surface area contributed by atoms with Crippen LogP contribution in [0.3, 0.4) is 0 Å². The van der Waals surface area contributed by atoms with Crippen molar-refractivity contribution in [2.24, 2.45) is 0 Å². The smallest absolute Gasteiger partial charge is 0.207 e. The minimum atomic E-state index is -0.00231. The van der Waals surface area contributed by atoms with Crippen LogP contribution in [-0.2, 0) is 4.79 Å². The van der Waals surface area contributed by atoms with E-state index in [1.807, 2.05) is 0 Å². The van der Waals surface area contributed by atoms with Crippen molar-refractivity contribution in [2.75, 3.05) is 6.54 Å². The molecule has 0 spiro atoms. The highest BCUT2D eigenvalue weighted by Crippen LogP contribution is 1.69. The molecule has 41 valence electrons. The van der Waals surface area contributed by atoms with E-state index in [1.165, 1.54) is 0 Å². The molecule has 0 rings (SSSR count). The van der Waals surface area contributed by atoms with E-state index in [2.05, 4.69) is 5.32 Å². The van der Waals surface area contributed by atoms with Crippen LogP contribution >= 0.6 is 0 Å². The summed E-state index contributed by atoms with van der Waals surface area (Å²) in [4.78, 5) is 9.58. The van der Waals surface area contributed by atoms with E-state index in [0.717, 1.165) is 0 Å². The Balaban J connectivity index is 2.98. The van der Waals surface area contributed by atoms with E-state index in [0.29, 0.717) is 6.41 Å². The van der Waals surface area contributed by atoms with Crippen LogP contribution in [0.25, 0.3) is 0 Å². The first kappa shape index (κ1) is 6.43. The van der Waals surface area contributed by atoms with E-state index in [-0.39, 0.29) is 12.6 Å². The van der Waals surface area contributed by atoms with Crippen molar-refractivity contribution in [1.82, 2.24) is 11.1 Å². The molecule has 0 heterocycles. The molecular weight excluding hydrogens is 92.1 g/mol. The van der Waals surface area contributed by atoms with Gasteiger partial charge in [0.2, 0.25) is 6.41 Å². The SMILES string of the molecule is CC(C[NH])NC=O. The molecule has 0 bridgehead atoms. The first-order valence-corrected chi connectivity index (χ1v) is 2.15. The third-order valence-electron chi connectivity index (χ3n) is 0.659. The molecule has 0 aromatic heterocycles. The van der Waals surface area contributed by atoms with E-state index >= 15 is 0 Å². The van der Waals surface area contributed by atoms with Crippen molar-refractivity contribution in [2.45, 2.75) is 13.0 Å². The Kier molecular flexibility index (Phi) is 3.32. The molecule has 1 unspecified atom stereocenters. The van der Waals surface area contributed by atoms with Crippen LogP contribution in [0.2, 0.25) is 0 Å². The second-order valence-corrected chi connectivity index (χ2v) is 1.39. The van der Waals surface area contributed by atoms with Gasteiger partial charge in [0.05, 0.1) is 0 Å². The summed E-state index contributed by atoms with van der Waals surface area (Å²) >= 11 is 0. The molecule has 1 radical (unpaired) electrons. The molecule has 1 atom stereocenters. The molecule has 0 aromatic rings. The molecule has 3 nitrogen and oxygen atoms in total. The molecule has 0 aromatic carbocycles. The van der Waals surface area contributed by atoms with Gasteiger partial charge in [0.15, 0.2) is 0 Å². The maximum atomic E-state index is 9.58. The van der Waals surface area contributed by atoms with Crippen molar-refractivity contribution in [3.05, 3.63) is 0 Å². The van der Waals surface area contributed by atoms with Crippen LogP contribution in [-0.4, -0.2) is 19.0 Å². The molecule has 7 heavy (non-hydrogen) atoms. The zero-order valence-corrected chi connectivity index (χ0v) is 4.27. The van der Waals surface area contributed by atoms with Crippen molar-refractivity contribution >= 4 is 6.41 Å². The van der Waals surface area contributed by atoms with Gasteiger partial charge >= 0.3 is 0 Å². The summed E-state index contributed by atoms with van der Waals surface area (Å²) in [6, 6.07) is -0.00231. The van der Waals surface area contributed by atoms with Gasteiger partial charge in [0.25, 0.3) is 0 Å². The standard InChI is InChI=1S/C4H9N2O/c1-4(2-5)6-3-7/h3-5H,2H2,1H3,(H,6,7). The van der Waals surface area contributed by atoms with E-state index in [9.17, 15) is 4.79 Å². The summed E-state index contributed by atoms with van der Waals surface area (Å²) in [5.41, 5.74) is 6.69. The predicted molar refractivity (Wildman–Crippen MR) is 26.6 cm³/mol. The number of hydrogen-bond donors (Lipinski definition) is 1. The lowest BCUT2D eigenvalue weighted by molar-refractivity contribution is -0.110. The quantitative estimate of drug-likeness (QED) is 0.474. The van der Waals surface area contributed by atoms with Gasteiger partial charge in [-0.3, -0.25) is 10.5 Å². The van der Waals surface area contributed by atoms with Gasteiger partial charge in [-0.15, -0.1) is 0 Å². The minimum Gasteiger partial charge on any atom is -0.355 e. The first-order valence-electron chi connectivity index (χ1n) is 2.15. The summed E-state index contributed by atoms with van der Waals surface area (Å²) in [6.45, 7) is 2.03. The van der Waals surface area contributed by atoms with Crippen molar-refractivity contribution in [3.63, 3.8) is 0 Å². The highest BCUT2D eigenvalue weighted by molar-refractivity contribution is 5.46. The maximum Gasteiger partial charge on any atom is 0.207 e. The van der Waals surface area contributed by atoms with Crippen molar-refractivity contribution < 1.29 is 4.79 Å². The summed E-state index contributed by atoms with van der Waals surface area (Å²) in [5.74, 6) is 0. The van der Waals surface area contributed by atoms with Gasteiger partial charge in [-0.1, -0.05) is 0 Å². The number of amides is 1. The lowest BCUT2D eigenvalue weighted by atomic mass is 10.4. The third-order valence-corrected chi connectivity index (χ3v) is 0.659. The number of nitrogens with one attached hydrogen (secondary N) is 2. The summed E-state index contributed by atoms with van der Waals surface area (Å²) in [6.07, 6.45) is 0.610. The molecule has 0 saturated carbocycles. The maximum absolute atomic E-state index is 9.58. The zero-order valence-electron chi connectivity index (χ0n) is 4.27. The Bertz CT molecular complexity index is 55.7. The van der Waals surface area contributed by atoms with Crippen LogP contribution in [0.4, 0.5) is 0 Å². The van der Waals surface area contributed by atoms with Crippen LogP contribution in [0.1, 0.15) is 6.92 Å². The Labute approximate surface area is 42.9 Å². The van der Waals surface area contributed by atoms with Gasteiger partial charge in [-0.25, -0.2) is 0 Å². The van der Waals surface area contributed by atoms with Gasteiger partial charge in [-0.05, 0) is 6.92 Å². The van der Waals surface area contributed by atoms with Crippen LogP contribution in [0.15, 0.2) is 0 Å². The first-order chi connectivity index (χ1) is 3.31. The minimum absolute atomic E-state index is 0.00231. The Morgan fingerprint density at radius 3 is 2.71 bits per heavy atom. The van der Waals surface area contributed by atoms with Crippen LogP contribution in [0, 0.1) is 0 Å². The summed E-state index contributed by atoms with van der Waals surface area (Å²) in [7, 11) is 0. The van der Waals surface area contributed by atoms with Gasteiger partial charge in [0.1, 0.15) is 0 Å². The average molecular weight is 101 g/mol. The predicted octanol–water partition coefficient (Wildman–Crippen LogP) is -0.596. The topological polar surface area (TPSA) is 52.9 Å². The van der Waals surface area contributed by atoms with Crippen molar-refractivity contribution in [3.8, 4) is 0 Å². The third kappa shape index (κ3) is 3.26. The molecular formula is C4H9N2O. The van der Waals surface area contributed by atoms with Gasteiger partial charge in [-0.2, -0.15) is 0 Å². The van der Waals surface area contributed by atoms with E-state index in [4.69, 9.17) is 5.73 Å². The van der Waals surface area contributed by atoms with E-state index in [1.54, 1.807) is 6.92 Å².